The van der Waals surface area contributed by atoms with Crippen molar-refractivity contribution in [3.05, 3.63) is 36.0 Å². The molecule has 0 heterocycles. The molecule has 0 amide bonds. The van der Waals surface area contributed by atoms with Gasteiger partial charge in [0.15, 0.2) is 0 Å². The summed E-state index contributed by atoms with van der Waals surface area (Å²) in [6.07, 6.45) is 9.91. The third-order valence-corrected chi connectivity index (χ3v) is 1.60. The Morgan fingerprint density at radius 3 is 2.44 bits per heavy atom. The summed E-state index contributed by atoms with van der Waals surface area (Å²) in [7, 11) is 0. The first-order chi connectivity index (χ1) is 4.34. The Bertz CT molecular complexity index is 207. The van der Waals surface area contributed by atoms with E-state index in [1.54, 1.807) is 0 Å². The Kier molecular flexibility index (Phi) is 1.96. The lowest BCUT2D eigenvalue weighted by atomic mass is 10.1. The molecule has 0 aromatic carbocycles. The van der Waals surface area contributed by atoms with E-state index in [-0.39, 0.29) is 0 Å². The average molecular weight is 136 g/mol. The summed E-state index contributed by atoms with van der Waals surface area (Å²) in [5, 5.41) is 0. The first-order valence-electron chi connectivity index (χ1n) is 2.90. The number of rotatable bonds is 0. The molecule has 0 fully saturated rings. The summed E-state index contributed by atoms with van der Waals surface area (Å²) >= 11 is 5.02. The predicted octanol–water partition coefficient (Wildman–Crippen LogP) is 2.43. The van der Waals surface area contributed by atoms with Crippen LogP contribution in [0, 0.1) is 0 Å². The molecule has 1 aliphatic rings. The maximum atomic E-state index is 5.02. The molecule has 0 aromatic heterocycles. The van der Waals surface area contributed by atoms with Gasteiger partial charge in [0, 0.05) is 4.86 Å². The van der Waals surface area contributed by atoms with Crippen LogP contribution >= 0.6 is 12.2 Å². The molecule has 0 aromatic rings. The van der Waals surface area contributed by atoms with E-state index in [4.69, 9.17) is 12.2 Å². The van der Waals surface area contributed by atoms with Crippen LogP contribution in [0.15, 0.2) is 36.0 Å². The monoisotopic (exact) mass is 136 g/mol. The molecule has 1 rings (SSSR count). The fourth-order valence-corrected chi connectivity index (χ4v) is 0.983. The van der Waals surface area contributed by atoms with Crippen LogP contribution in [0.4, 0.5) is 0 Å². The van der Waals surface area contributed by atoms with Crippen LogP contribution < -0.4 is 0 Å². The number of hydrogen-bond acceptors (Lipinski definition) is 1. The molecule has 0 aliphatic heterocycles. The minimum absolute atomic E-state index is 0.931. The van der Waals surface area contributed by atoms with Crippen LogP contribution in [-0.4, -0.2) is 4.86 Å². The molecule has 0 N–H and O–H groups in total. The van der Waals surface area contributed by atoms with Crippen LogP contribution in [0.3, 0.4) is 0 Å². The van der Waals surface area contributed by atoms with Gasteiger partial charge in [-0.05, 0) is 18.6 Å². The van der Waals surface area contributed by atoms with E-state index in [2.05, 4.69) is 0 Å². The molecule has 0 saturated heterocycles. The van der Waals surface area contributed by atoms with Crippen LogP contribution in [0.5, 0.6) is 0 Å². The summed E-state index contributed by atoms with van der Waals surface area (Å²) in [5.41, 5.74) is 1.15. The first-order valence-corrected chi connectivity index (χ1v) is 3.31. The summed E-state index contributed by atoms with van der Waals surface area (Å²) < 4.78 is 0. The van der Waals surface area contributed by atoms with E-state index in [1.807, 2.05) is 37.3 Å². The van der Waals surface area contributed by atoms with Crippen LogP contribution in [0.25, 0.3) is 0 Å². The smallest absolute Gasteiger partial charge is 0.0446 e. The van der Waals surface area contributed by atoms with Gasteiger partial charge in [0.1, 0.15) is 0 Å². The van der Waals surface area contributed by atoms with E-state index in [0.717, 1.165) is 10.4 Å². The molecule has 0 spiro atoms. The van der Waals surface area contributed by atoms with E-state index in [0.29, 0.717) is 0 Å². The first kappa shape index (κ1) is 6.43. The molecule has 1 heteroatoms. The van der Waals surface area contributed by atoms with Gasteiger partial charge in [0.2, 0.25) is 0 Å². The summed E-state index contributed by atoms with van der Waals surface area (Å²) in [4.78, 5) is 0.931. The fourth-order valence-electron chi connectivity index (χ4n) is 0.719. The largest absolute Gasteiger partial charge is 0.0795 e. The van der Waals surface area contributed by atoms with Gasteiger partial charge in [-0.1, -0.05) is 36.5 Å². The SMILES string of the molecule is C/C=C1/C=CC=CC1=S. The molecular formula is C8H8S. The van der Waals surface area contributed by atoms with Crippen molar-refractivity contribution in [2.75, 3.05) is 0 Å². The Morgan fingerprint density at radius 2 is 2.00 bits per heavy atom. The number of thiocarbonyl (C=S) groups is 1. The highest BCUT2D eigenvalue weighted by Gasteiger charge is 1.96. The third kappa shape index (κ3) is 1.36. The van der Waals surface area contributed by atoms with Gasteiger partial charge >= 0.3 is 0 Å². The maximum Gasteiger partial charge on any atom is 0.0446 e. The lowest BCUT2D eigenvalue weighted by molar-refractivity contribution is 1.65. The van der Waals surface area contributed by atoms with Crippen LogP contribution in [-0.2, 0) is 0 Å². The van der Waals surface area contributed by atoms with E-state index in [9.17, 15) is 0 Å². The molecule has 46 valence electrons. The number of hydrogen-bond donors (Lipinski definition) is 0. The predicted molar refractivity (Wildman–Crippen MR) is 44.6 cm³/mol. The van der Waals surface area contributed by atoms with Crippen molar-refractivity contribution >= 4 is 17.1 Å². The summed E-state index contributed by atoms with van der Waals surface area (Å²) in [5.74, 6) is 0. The second-order valence-electron chi connectivity index (χ2n) is 1.83. The summed E-state index contributed by atoms with van der Waals surface area (Å²) in [6, 6.07) is 0. The minimum Gasteiger partial charge on any atom is -0.0795 e. The van der Waals surface area contributed by atoms with Crippen molar-refractivity contribution in [1.29, 1.82) is 0 Å². The maximum absolute atomic E-state index is 5.02. The van der Waals surface area contributed by atoms with Crippen molar-refractivity contribution in [1.82, 2.24) is 0 Å². The average Bonchev–Trinajstić information content (AvgIpc) is 1.89. The van der Waals surface area contributed by atoms with Crippen molar-refractivity contribution in [2.24, 2.45) is 0 Å². The second-order valence-corrected chi connectivity index (χ2v) is 2.27. The highest BCUT2D eigenvalue weighted by Crippen LogP contribution is 2.06. The molecule has 0 saturated carbocycles. The molecule has 0 bridgehead atoms. The van der Waals surface area contributed by atoms with Crippen molar-refractivity contribution < 1.29 is 0 Å². The van der Waals surface area contributed by atoms with Gasteiger partial charge in [0.25, 0.3) is 0 Å². The zero-order chi connectivity index (χ0) is 6.69. The van der Waals surface area contributed by atoms with Crippen molar-refractivity contribution in [3.8, 4) is 0 Å². The molecule has 0 radical (unpaired) electrons. The van der Waals surface area contributed by atoms with E-state index >= 15 is 0 Å². The quantitative estimate of drug-likeness (QED) is 0.364. The van der Waals surface area contributed by atoms with Crippen molar-refractivity contribution in [3.63, 3.8) is 0 Å². The molecule has 0 unspecified atom stereocenters. The number of allylic oxidation sites excluding steroid dienone is 6. The van der Waals surface area contributed by atoms with Crippen LogP contribution in [0.1, 0.15) is 6.92 Å². The lowest BCUT2D eigenvalue weighted by Crippen LogP contribution is -1.94. The van der Waals surface area contributed by atoms with Crippen molar-refractivity contribution in [2.45, 2.75) is 6.92 Å². The highest BCUT2D eigenvalue weighted by molar-refractivity contribution is 7.81. The Morgan fingerprint density at radius 1 is 1.33 bits per heavy atom. The molecule has 1 aliphatic carbocycles. The van der Waals surface area contributed by atoms with Gasteiger partial charge in [-0.25, -0.2) is 0 Å². The Labute approximate surface area is 60.6 Å². The normalized spacial score (nSPS) is 21.4. The third-order valence-electron chi connectivity index (χ3n) is 1.23. The van der Waals surface area contributed by atoms with Gasteiger partial charge < -0.3 is 0 Å². The highest BCUT2D eigenvalue weighted by atomic mass is 32.1. The lowest BCUT2D eigenvalue weighted by Gasteiger charge is -2.00. The van der Waals surface area contributed by atoms with E-state index < -0.39 is 0 Å². The zero-order valence-electron chi connectivity index (χ0n) is 5.29. The minimum atomic E-state index is 0.931. The van der Waals surface area contributed by atoms with Gasteiger partial charge in [0.05, 0.1) is 0 Å². The molecular weight excluding hydrogens is 128 g/mol. The van der Waals surface area contributed by atoms with Gasteiger partial charge in [-0.3, -0.25) is 0 Å². The van der Waals surface area contributed by atoms with Gasteiger partial charge in [-0.2, -0.15) is 0 Å². The van der Waals surface area contributed by atoms with Gasteiger partial charge in [-0.15, -0.1) is 0 Å². The standard InChI is InChI=1S/C8H8S/c1-2-7-5-3-4-6-8(7)9/h2-6H,1H3/b7-2-. The van der Waals surface area contributed by atoms with Crippen LogP contribution in [0.2, 0.25) is 0 Å². The van der Waals surface area contributed by atoms with E-state index in [1.165, 1.54) is 0 Å². The fraction of sp³-hybridized carbons (Fsp3) is 0.125. The molecule has 9 heavy (non-hydrogen) atoms. The summed E-state index contributed by atoms with van der Waals surface area (Å²) in [6.45, 7) is 1.99. The molecule has 0 atom stereocenters. The molecule has 0 nitrogen and oxygen atoms in total. The topological polar surface area (TPSA) is 0 Å². The Hall–Kier alpha value is -0.690. The Balaban J connectivity index is 2.91. The second kappa shape index (κ2) is 2.74. The zero-order valence-corrected chi connectivity index (χ0v) is 6.11.